The van der Waals surface area contributed by atoms with Crippen molar-refractivity contribution >= 4 is 11.8 Å². The first-order chi connectivity index (χ1) is 8.65. The number of fused-ring (bicyclic) bond motifs is 1. The van der Waals surface area contributed by atoms with Crippen LogP contribution in [0.5, 0.6) is 0 Å². The maximum Gasteiger partial charge on any atom is 0.255 e. The molecule has 1 aromatic carbocycles. The molecule has 1 aliphatic heterocycles. The van der Waals surface area contributed by atoms with Crippen molar-refractivity contribution in [3.63, 3.8) is 0 Å². The van der Waals surface area contributed by atoms with Gasteiger partial charge in [-0.25, -0.2) is 4.98 Å². The van der Waals surface area contributed by atoms with Crippen molar-refractivity contribution in [3.05, 3.63) is 50.9 Å². The number of nitrogens with zero attached hydrogens (tertiary/aromatic N) is 1. The Morgan fingerprint density at radius 3 is 2.89 bits per heavy atom. The van der Waals surface area contributed by atoms with E-state index in [1.807, 2.05) is 19.1 Å². The molecule has 2 heterocycles. The maximum atomic E-state index is 12.0. The molecule has 0 saturated heterocycles. The summed E-state index contributed by atoms with van der Waals surface area (Å²) in [6.07, 6.45) is 0. The summed E-state index contributed by atoms with van der Waals surface area (Å²) in [5.74, 6) is 2.32. The van der Waals surface area contributed by atoms with Gasteiger partial charge in [-0.05, 0) is 19.4 Å². The van der Waals surface area contributed by atoms with Gasteiger partial charge in [0, 0.05) is 22.6 Å². The van der Waals surface area contributed by atoms with E-state index in [1.54, 1.807) is 11.8 Å². The third kappa shape index (κ3) is 1.86. The maximum absolute atomic E-state index is 12.0. The highest BCUT2D eigenvalue weighted by Crippen LogP contribution is 2.27. The Balaban J connectivity index is 2.18. The number of hydrogen-bond acceptors (Lipinski definition) is 3. The number of benzene rings is 1. The Kier molecular flexibility index (Phi) is 2.74. The highest BCUT2D eigenvalue weighted by Gasteiger charge is 2.18. The number of hydrogen-bond donors (Lipinski definition) is 1. The molecule has 1 aliphatic rings. The minimum atomic E-state index is 0.0139. The van der Waals surface area contributed by atoms with Gasteiger partial charge >= 0.3 is 0 Å². The van der Waals surface area contributed by atoms with Gasteiger partial charge in [-0.1, -0.05) is 23.8 Å². The molecule has 92 valence electrons. The molecular weight excluding hydrogens is 244 g/mol. The van der Waals surface area contributed by atoms with E-state index in [2.05, 4.69) is 23.0 Å². The van der Waals surface area contributed by atoms with E-state index in [1.165, 1.54) is 5.56 Å². The molecule has 0 saturated carbocycles. The summed E-state index contributed by atoms with van der Waals surface area (Å²) >= 11 is 1.75. The van der Waals surface area contributed by atoms with E-state index in [9.17, 15) is 4.79 Å². The predicted octanol–water partition coefficient (Wildman–Crippen LogP) is 2.80. The van der Waals surface area contributed by atoms with Crippen LogP contribution in [0.1, 0.15) is 22.4 Å². The molecule has 4 heteroatoms. The van der Waals surface area contributed by atoms with Crippen molar-refractivity contribution in [1.82, 2.24) is 9.97 Å². The normalized spacial score (nSPS) is 13.7. The van der Waals surface area contributed by atoms with E-state index >= 15 is 0 Å². The molecule has 0 fully saturated rings. The van der Waals surface area contributed by atoms with Gasteiger partial charge in [-0.3, -0.25) is 4.79 Å². The Morgan fingerprint density at radius 2 is 2.11 bits per heavy atom. The molecular formula is C14H14N2OS. The fourth-order valence-electron chi connectivity index (χ4n) is 2.27. The van der Waals surface area contributed by atoms with Crippen LogP contribution >= 0.6 is 11.8 Å². The van der Waals surface area contributed by atoms with Crippen LogP contribution in [0, 0.1) is 13.8 Å². The highest BCUT2D eigenvalue weighted by atomic mass is 32.2. The van der Waals surface area contributed by atoms with E-state index < -0.39 is 0 Å². The van der Waals surface area contributed by atoms with Crippen LogP contribution in [-0.4, -0.2) is 9.97 Å². The number of aryl methyl sites for hydroxylation is 2. The molecule has 0 aliphatic carbocycles. The van der Waals surface area contributed by atoms with Gasteiger partial charge in [-0.15, -0.1) is 0 Å². The Morgan fingerprint density at radius 1 is 1.28 bits per heavy atom. The highest BCUT2D eigenvalue weighted by molar-refractivity contribution is 7.98. The summed E-state index contributed by atoms with van der Waals surface area (Å²) in [4.78, 5) is 19.5. The van der Waals surface area contributed by atoms with Gasteiger partial charge in [0.2, 0.25) is 0 Å². The number of thioether (sulfide) groups is 1. The third-order valence-electron chi connectivity index (χ3n) is 3.22. The summed E-state index contributed by atoms with van der Waals surface area (Å²) in [6.45, 7) is 4.11. The minimum absolute atomic E-state index is 0.0139. The van der Waals surface area contributed by atoms with Gasteiger partial charge in [0.15, 0.2) is 0 Å². The lowest BCUT2D eigenvalue weighted by atomic mass is 10.1. The molecule has 0 radical (unpaired) electrons. The first-order valence-electron chi connectivity index (χ1n) is 5.92. The Labute approximate surface area is 110 Å². The summed E-state index contributed by atoms with van der Waals surface area (Å²) in [7, 11) is 0. The molecule has 1 aromatic heterocycles. The fourth-order valence-corrected chi connectivity index (χ4v) is 3.31. The Bertz CT molecular complexity index is 676. The zero-order valence-electron chi connectivity index (χ0n) is 10.4. The van der Waals surface area contributed by atoms with Gasteiger partial charge in [0.25, 0.3) is 5.56 Å². The molecule has 0 unspecified atom stereocenters. The molecule has 0 amide bonds. The molecule has 3 rings (SSSR count). The van der Waals surface area contributed by atoms with Crippen LogP contribution in [0.25, 0.3) is 11.4 Å². The summed E-state index contributed by atoms with van der Waals surface area (Å²) < 4.78 is 0. The second-order valence-corrected chi connectivity index (χ2v) is 5.64. The largest absolute Gasteiger partial charge is 0.306 e. The second-order valence-electron chi connectivity index (χ2n) is 4.65. The SMILES string of the molecule is Cc1ccc(-c2nc3c(c(=O)[nH]2)CSC3)c(C)c1. The standard InChI is InChI=1S/C14H14N2OS/c1-8-3-4-10(9(2)5-8)13-15-12-7-18-6-11(12)14(17)16-13/h3-5H,6-7H2,1-2H3,(H,15,16,17). The monoisotopic (exact) mass is 258 g/mol. The average Bonchev–Trinajstić information content (AvgIpc) is 2.77. The number of H-pyrrole nitrogens is 1. The molecule has 0 spiro atoms. The van der Waals surface area contributed by atoms with Crippen molar-refractivity contribution in [2.24, 2.45) is 0 Å². The predicted molar refractivity (Wildman–Crippen MR) is 74.8 cm³/mol. The molecule has 18 heavy (non-hydrogen) atoms. The van der Waals surface area contributed by atoms with Gasteiger partial charge in [-0.2, -0.15) is 11.8 Å². The number of aromatic amines is 1. The molecule has 0 bridgehead atoms. The van der Waals surface area contributed by atoms with E-state index in [4.69, 9.17) is 0 Å². The summed E-state index contributed by atoms with van der Waals surface area (Å²) in [6, 6.07) is 6.18. The number of aromatic nitrogens is 2. The van der Waals surface area contributed by atoms with Crippen LogP contribution in [0.4, 0.5) is 0 Å². The molecule has 0 atom stereocenters. The number of rotatable bonds is 1. The quantitative estimate of drug-likeness (QED) is 0.855. The van der Waals surface area contributed by atoms with Gasteiger partial charge in [0.05, 0.1) is 5.69 Å². The molecule has 3 nitrogen and oxygen atoms in total. The zero-order chi connectivity index (χ0) is 12.7. The van der Waals surface area contributed by atoms with Gasteiger partial charge in [0.1, 0.15) is 5.82 Å². The van der Waals surface area contributed by atoms with Gasteiger partial charge < -0.3 is 4.98 Å². The van der Waals surface area contributed by atoms with Crippen LogP contribution in [0.15, 0.2) is 23.0 Å². The lowest BCUT2D eigenvalue weighted by Crippen LogP contribution is -2.15. The Hall–Kier alpha value is -1.55. The van der Waals surface area contributed by atoms with Crippen molar-refractivity contribution in [2.45, 2.75) is 25.4 Å². The van der Waals surface area contributed by atoms with Crippen LogP contribution in [-0.2, 0) is 11.5 Å². The first kappa shape index (κ1) is 11.5. The average molecular weight is 258 g/mol. The van der Waals surface area contributed by atoms with Crippen LogP contribution < -0.4 is 5.56 Å². The lowest BCUT2D eigenvalue weighted by molar-refractivity contribution is 1.03. The summed E-state index contributed by atoms with van der Waals surface area (Å²) in [5, 5.41) is 0. The van der Waals surface area contributed by atoms with Crippen LogP contribution in [0.2, 0.25) is 0 Å². The van der Waals surface area contributed by atoms with Crippen molar-refractivity contribution in [1.29, 1.82) is 0 Å². The topological polar surface area (TPSA) is 45.8 Å². The van der Waals surface area contributed by atoms with E-state index in [-0.39, 0.29) is 5.56 Å². The van der Waals surface area contributed by atoms with Crippen molar-refractivity contribution < 1.29 is 0 Å². The second kappa shape index (κ2) is 4.28. The third-order valence-corrected chi connectivity index (χ3v) is 4.19. The van der Waals surface area contributed by atoms with E-state index in [0.29, 0.717) is 5.82 Å². The number of nitrogens with one attached hydrogen (secondary N) is 1. The minimum Gasteiger partial charge on any atom is -0.306 e. The van der Waals surface area contributed by atoms with Crippen molar-refractivity contribution in [3.8, 4) is 11.4 Å². The summed E-state index contributed by atoms with van der Waals surface area (Å²) in [5.41, 5.74) is 5.17. The fraction of sp³-hybridized carbons (Fsp3) is 0.286. The molecule has 1 N–H and O–H groups in total. The zero-order valence-corrected chi connectivity index (χ0v) is 11.2. The van der Waals surface area contributed by atoms with Crippen LogP contribution in [0.3, 0.4) is 0 Å². The smallest absolute Gasteiger partial charge is 0.255 e. The molecule has 2 aromatic rings. The first-order valence-corrected chi connectivity index (χ1v) is 7.08. The van der Waals surface area contributed by atoms with Crippen molar-refractivity contribution in [2.75, 3.05) is 0 Å². The lowest BCUT2D eigenvalue weighted by Gasteiger charge is -2.07. The van der Waals surface area contributed by atoms with E-state index in [0.717, 1.165) is 33.9 Å².